The molecule has 0 heterocycles. The Morgan fingerprint density at radius 3 is 2.28 bits per heavy atom. The zero-order valence-corrected chi connectivity index (χ0v) is 16.8. The fraction of sp³-hybridized carbons (Fsp3) is 0.263. The van der Waals surface area contributed by atoms with Crippen molar-refractivity contribution in [1.29, 1.82) is 0 Å². The van der Waals surface area contributed by atoms with Crippen molar-refractivity contribution in [2.75, 3.05) is 30.4 Å². The molecule has 0 saturated carbocycles. The van der Waals surface area contributed by atoms with Crippen molar-refractivity contribution in [2.45, 2.75) is 18.2 Å². The van der Waals surface area contributed by atoms with Crippen LogP contribution in [0.15, 0.2) is 53.4 Å². The van der Waals surface area contributed by atoms with Gasteiger partial charge in [-0.15, -0.1) is 0 Å². The van der Waals surface area contributed by atoms with Crippen LogP contribution >= 0.6 is 0 Å². The molecule has 0 aromatic heterocycles. The van der Waals surface area contributed by atoms with Crippen molar-refractivity contribution in [3.63, 3.8) is 0 Å². The minimum Gasteiger partial charge on any atom is -0.449 e. The van der Waals surface area contributed by atoms with E-state index in [0.29, 0.717) is 11.4 Å². The first kappa shape index (κ1) is 22.3. The van der Waals surface area contributed by atoms with Crippen LogP contribution in [0.25, 0.3) is 0 Å². The van der Waals surface area contributed by atoms with Gasteiger partial charge in [-0.25, -0.2) is 22.3 Å². The molecule has 2 N–H and O–H groups in total. The van der Waals surface area contributed by atoms with E-state index in [2.05, 4.69) is 10.0 Å². The van der Waals surface area contributed by atoms with Crippen LogP contribution in [0.1, 0.15) is 13.3 Å². The van der Waals surface area contributed by atoms with Gasteiger partial charge in [-0.3, -0.25) is 9.69 Å². The van der Waals surface area contributed by atoms with Gasteiger partial charge >= 0.3 is 6.09 Å². The second-order valence-electron chi connectivity index (χ2n) is 5.95. The molecule has 0 radical (unpaired) electrons. The lowest BCUT2D eigenvalue weighted by Gasteiger charge is -2.17. The lowest BCUT2D eigenvalue weighted by molar-refractivity contribution is -0.116. The van der Waals surface area contributed by atoms with E-state index in [-0.39, 0.29) is 24.5 Å². The Balaban J connectivity index is 1.84. The van der Waals surface area contributed by atoms with E-state index in [1.807, 2.05) is 0 Å². The van der Waals surface area contributed by atoms with Crippen molar-refractivity contribution in [3.8, 4) is 0 Å². The zero-order valence-electron chi connectivity index (χ0n) is 16.0. The average Bonchev–Trinajstić information content (AvgIpc) is 2.68. The maximum absolute atomic E-state index is 12.9. The summed E-state index contributed by atoms with van der Waals surface area (Å²) < 4.78 is 44.2. The SMILES string of the molecule is CCOC(=O)N(C)c1ccc(NC(=O)CCNS(=O)(=O)c2ccc(F)cc2)cc1. The number of halogens is 1. The molecule has 0 unspecified atom stereocenters. The summed E-state index contributed by atoms with van der Waals surface area (Å²) in [5.41, 5.74) is 1.09. The van der Waals surface area contributed by atoms with Crippen molar-refractivity contribution < 1.29 is 27.1 Å². The van der Waals surface area contributed by atoms with Crippen molar-refractivity contribution in [3.05, 3.63) is 54.3 Å². The first-order valence-corrected chi connectivity index (χ1v) is 10.3. The third-order valence-corrected chi connectivity index (χ3v) is 5.33. The smallest absolute Gasteiger partial charge is 0.413 e. The summed E-state index contributed by atoms with van der Waals surface area (Å²) in [6.07, 6.45) is -0.581. The summed E-state index contributed by atoms with van der Waals surface area (Å²) in [6, 6.07) is 10.9. The van der Waals surface area contributed by atoms with E-state index in [9.17, 15) is 22.4 Å². The van der Waals surface area contributed by atoms with Gasteiger partial charge in [-0.2, -0.15) is 0 Å². The molecular formula is C19H22FN3O5S. The Labute approximate surface area is 168 Å². The molecular weight excluding hydrogens is 401 g/mol. The highest BCUT2D eigenvalue weighted by atomic mass is 32.2. The number of ether oxygens (including phenoxy) is 1. The first-order valence-electron chi connectivity index (χ1n) is 8.78. The topological polar surface area (TPSA) is 105 Å². The third kappa shape index (κ3) is 6.54. The number of amides is 2. The minimum absolute atomic E-state index is 0.0828. The molecule has 2 aromatic rings. The Morgan fingerprint density at radius 2 is 1.69 bits per heavy atom. The van der Waals surface area contributed by atoms with Crippen LogP contribution in [-0.2, 0) is 19.6 Å². The Kier molecular flexibility index (Phi) is 7.68. The second-order valence-corrected chi connectivity index (χ2v) is 7.72. The molecule has 0 spiro atoms. The predicted octanol–water partition coefficient (Wildman–Crippen LogP) is 2.73. The van der Waals surface area contributed by atoms with Gasteiger partial charge in [-0.05, 0) is 55.5 Å². The number of sulfonamides is 1. The van der Waals surface area contributed by atoms with Gasteiger partial charge in [0, 0.05) is 31.4 Å². The third-order valence-electron chi connectivity index (χ3n) is 3.85. The quantitative estimate of drug-likeness (QED) is 0.679. The van der Waals surface area contributed by atoms with E-state index < -0.39 is 27.8 Å². The van der Waals surface area contributed by atoms with Gasteiger partial charge in [0.2, 0.25) is 15.9 Å². The molecule has 2 amide bonds. The number of hydrogen-bond acceptors (Lipinski definition) is 5. The van der Waals surface area contributed by atoms with Crippen LogP contribution in [-0.4, -0.2) is 40.6 Å². The van der Waals surface area contributed by atoms with Gasteiger partial charge in [0.25, 0.3) is 0 Å². The van der Waals surface area contributed by atoms with E-state index in [0.717, 1.165) is 24.3 Å². The molecule has 2 rings (SSSR count). The van der Waals surface area contributed by atoms with Crippen molar-refractivity contribution in [1.82, 2.24) is 4.72 Å². The molecule has 0 saturated heterocycles. The highest BCUT2D eigenvalue weighted by Crippen LogP contribution is 2.18. The second kappa shape index (κ2) is 9.99. The number of carbonyl (C=O) groups excluding carboxylic acids is 2. The molecule has 0 bridgehead atoms. The van der Waals surface area contributed by atoms with E-state index >= 15 is 0 Å². The largest absolute Gasteiger partial charge is 0.449 e. The summed E-state index contributed by atoms with van der Waals surface area (Å²) in [7, 11) is -2.25. The highest BCUT2D eigenvalue weighted by molar-refractivity contribution is 7.89. The van der Waals surface area contributed by atoms with Crippen LogP contribution in [0.5, 0.6) is 0 Å². The van der Waals surface area contributed by atoms with Crippen molar-refractivity contribution in [2.24, 2.45) is 0 Å². The van der Waals surface area contributed by atoms with Crippen LogP contribution in [0.2, 0.25) is 0 Å². The average molecular weight is 423 g/mol. The van der Waals surface area contributed by atoms with E-state index in [4.69, 9.17) is 4.74 Å². The molecule has 8 nitrogen and oxygen atoms in total. The summed E-state index contributed by atoms with van der Waals surface area (Å²) in [6.45, 7) is 1.86. The minimum atomic E-state index is -3.82. The van der Waals surface area contributed by atoms with Crippen LogP contribution in [0.4, 0.5) is 20.6 Å². The fourth-order valence-corrected chi connectivity index (χ4v) is 3.35. The number of nitrogens with one attached hydrogen (secondary N) is 2. The van der Waals surface area contributed by atoms with Gasteiger partial charge in [0.15, 0.2) is 0 Å². The van der Waals surface area contributed by atoms with Gasteiger partial charge in [-0.1, -0.05) is 0 Å². The van der Waals surface area contributed by atoms with Crippen molar-refractivity contribution >= 4 is 33.4 Å². The Morgan fingerprint density at radius 1 is 1.07 bits per heavy atom. The molecule has 0 aliphatic carbocycles. The molecule has 156 valence electrons. The maximum atomic E-state index is 12.9. The number of rotatable bonds is 8. The fourth-order valence-electron chi connectivity index (χ4n) is 2.31. The lowest BCUT2D eigenvalue weighted by atomic mass is 10.2. The predicted molar refractivity (Wildman–Crippen MR) is 107 cm³/mol. The summed E-state index contributed by atoms with van der Waals surface area (Å²) in [5, 5.41) is 2.64. The zero-order chi connectivity index (χ0) is 21.4. The standard InChI is InChI=1S/C19H22FN3O5S/c1-3-28-19(25)23(2)16-8-6-15(7-9-16)22-18(24)12-13-21-29(26,27)17-10-4-14(20)5-11-17/h4-11,21H,3,12-13H2,1-2H3,(H,22,24). The van der Waals surface area contributed by atoms with Gasteiger partial charge in [0.05, 0.1) is 11.5 Å². The van der Waals surface area contributed by atoms with Gasteiger partial charge in [0.1, 0.15) is 5.82 Å². The molecule has 0 atom stereocenters. The van der Waals surface area contributed by atoms with Gasteiger partial charge < -0.3 is 10.1 Å². The number of carbonyl (C=O) groups is 2. The summed E-state index contributed by atoms with van der Waals surface area (Å²) >= 11 is 0. The maximum Gasteiger partial charge on any atom is 0.413 e. The molecule has 10 heteroatoms. The summed E-state index contributed by atoms with van der Waals surface area (Å²) in [5.74, 6) is -0.930. The monoisotopic (exact) mass is 423 g/mol. The lowest BCUT2D eigenvalue weighted by Crippen LogP contribution is -2.28. The number of benzene rings is 2. The molecule has 0 fully saturated rings. The molecule has 0 aliphatic heterocycles. The summed E-state index contributed by atoms with van der Waals surface area (Å²) in [4.78, 5) is 24.9. The van der Waals surface area contributed by atoms with Crippen LogP contribution in [0.3, 0.4) is 0 Å². The van der Waals surface area contributed by atoms with Crippen LogP contribution in [0, 0.1) is 5.82 Å². The number of hydrogen-bond donors (Lipinski definition) is 2. The Hall–Kier alpha value is -2.98. The highest BCUT2D eigenvalue weighted by Gasteiger charge is 2.15. The molecule has 29 heavy (non-hydrogen) atoms. The normalized spacial score (nSPS) is 11.0. The molecule has 0 aliphatic rings. The molecule has 2 aromatic carbocycles. The Bertz CT molecular complexity index is 947. The van der Waals surface area contributed by atoms with Crippen LogP contribution < -0.4 is 14.9 Å². The van der Waals surface area contributed by atoms with E-state index in [1.165, 1.54) is 4.90 Å². The number of nitrogens with zero attached hydrogens (tertiary/aromatic N) is 1. The number of anilines is 2. The van der Waals surface area contributed by atoms with E-state index in [1.54, 1.807) is 38.2 Å². The first-order chi connectivity index (χ1) is 13.7.